The molecule has 2 aromatic rings. The van der Waals surface area contributed by atoms with Gasteiger partial charge < -0.3 is 9.47 Å². The van der Waals surface area contributed by atoms with Crippen molar-refractivity contribution in [3.05, 3.63) is 71.1 Å². The van der Waals surface area contributed by atoms with Crippen LogP contribution in [0.5, 0.6) is 5.75 Å². The van der Waals surface area contributed by atoms with E-state index >= 15 is 0 Å². The monoisotopic (exact) mass is 388 g/mol. The lowest BCUT2D eigenvalue weighted by molar-refractivity contribution is 0.192. The number of benzene rings is 2. The van der Waals surface area contributed by atoms with Crippen LogP contribution in [0.2, 0.25) is 0 Å². The van der Waals surface area contributed by atoms with E-state index in [1.165, 1.54) is 18.2 Å². The Kier molecular flexibility index (Phi) is 5.44. The van der Waals surface area contributed by atoms with Crippen LogP contribution in [0.4, 0.5) is 13.2 Å². The lowest BCUT2D eigenvalue weighted by Gasteiger charge is -2.29. The molecule has 0 bridgehead atoms. The smallest absolute Gasteiger partial charge is 0.201 e. The first-order valence-electron chi connectivity index (χ1n) is 9.71. The Hall–Kier alpha value is -2.27. The standard InChI is InChI=1S/C23H23F3O2/c1-2-15-8-10-20(23(26)22(15)25)27-12-14-3-5-16(6-4-14)18-9-7-17(11-19(18)24)21-13-28-21/h2,7-11,14,16,21H,1,3-6,12-13H2. The minimum absolute atomic E-state index is 0.0576. The van der Waals surface area contributed by atoms with Crippen molar-refractivity contribution in [1.29, 1.82) is 0 Å². The third-order valence-electron chi connectivity index (χ3n) is 5.79. The molecular formula is C23H23F3O2. The zero-order chi connectivity index (χ0) is 19.7. The second kappa shape index (κ2) is 8.00. The van der Waals surface area contributed by atoms with Crippen LogP contribution in [0.1, 0.15) is 54.4 Å². The van der Waals surface area contributed by atoms with Gasteiger partial charge in [-0.15, -0.1) is 0 Å². The molecule has 148 valence electrons. The van der Waals surface area contributed by atoms with Crippen LogP contribution < -0.4 is 4.74 Å². The van der Waals surface area contributed by atoms with Crippen LogP contribution in [0.3, 0.4) is 0 Å². The third-order valence-corrected chi connectivity index (χ3v) is 5.79. The number of halogens is 3. The fraction of sp³-hybridized carbons (Fsp3) is 0.391. The minimum atomic E-state index is -0.979. The molecule has 28 heavy (non-hydrogen) atoms. The summed E-state index contributed by atoms with van der Waals surface area (Å²) < 4.78 is 53.1. The molecule has 1 aliphatic heterocycles. The van der Waals surface area contributed by atoms with Crippen LogP contribution >= 0.6 is 0 Å². The zero-order valence-electron chi connectivity index (χ0n) is 15.6. The molecule has 1 aliphatic carbocycles. The highest BCUT2D eigenvalue weighted by molar-refractivity contribution is 5.50. The first kappa shape index (κ1) is 19.1. The van der Waals surface area contributed by atoms with E-state index in [-0.39, 0.29) is 35.1 Å². The lowest BCUT2D eigenvalue weighted by Crippen LogP contribution is -2.20. The molecule has 0 amide bonds. The van der Waals surface area contributed by atoms with Crippen molar-refractivity contribution < 1.29 is 22.6 Å². The summed E-state index contributed by atoms with van der Waals surface area (Å²) in [6.07, 6.45) is 4.78. The lowest BCUT2D eigenvalue weighted by atomic mass is 9.78. The highest BCUT2D eigenvalue weighted by Gasteiger charge is 2.28. The molecule has 5 heteroatoms. The normalized spacial score (nSPS) is 24.0. The van der Waals surface area contributed by atoms with Gasteiger partial charge in [0, 0.05) is 5.56 Å². The van der Waals surface area contributed by atoms with E-state index < -0.39 is 11.6 Å². The van der Waals surface area contributed by atoms with Crippen LogP contribution in [0.25, 0.3) is 6.08 Å². The van der Waals surface area contributed by atoms with Gasteiger partial charge in [-0.05, 0) is 66.8 Å². The number of rotatable bonds is 6. The zero-order valence-corrected chi connectivity index (χ0v) is 15.6. The molecule has 0 radical (unpaired) electrons. The van der Waals surface area contributed by atoms with Gasteiger partial charge >= 0.3 is 0 Å². The van der Waals surface area contributed by atoms with E-state index in [1.807, 2.05) is 12.1 Å². The van der Waals surface area contributed by atoms with E-state index in [2.05, 4.69) is 6.58 Å². The number of hydrogen-bond donors (Lipinski definition) is 0. The topological polar surface area (TPSA) is 21.8 Å². The second-order valence-corrected chi connectivity index (χ2v) is 7.62. The molecular weight excluding hydrogens is 365 g/mol. The summed E-state index contributed by atoms with van der Waals surface area (Å²) in [5, 5.41) is 0. The predicted octanol–water partition coefficient (Wildman–Crippen LogP) is 6.17. The summed E-state index contributed by atoms with van der Waals surface area (Å²) in [6.45, 7) is 4.46. The number of epoxide rings is 1. The van der Waals surface area contributed by atoms with Gasteiger partial charge in [0.15, 0.2) is 11.6 Å². The largest absolute Gasteiger partial charge is 0.490 e. The SMILES string of the molecule is C=Cc1ccc(OCC2CCC(c3ccc(C4CO4)cc3F)CC2)c(F)c1F. The predicted molar refractivity (Wildman–Crippen MR) is 102 cm³/mol. The summed E-state index contributed by atoms with van der Waals surface area (Å²) in [6, 6.07) is 8.31. The van der Waals surface area contributed by atoms with Gasteiger partial charge in [-0.25, -0.2) is 8.78 Å². The number of hydrogen-bond acceptors (Lipinski definition) is 2. The van der Waals surface area contributed by atoms with Crippen molar-refractivity contribution in [3.8, 4) is 5.75 Å². The third kappa shape index (κ3) is 3.95. The molecule has 0 aromatic heterocycles. The van der Waals surface area contributed by atoms with E-state index in [0.29, 0.717) is 13.2 Å². The van der Waals surface area contributed by atoms with Gasteiger partial charge in [0.25, 0.3) is 0 Å². The van der Waals surface area contributed by atoms with Crippen LogP contribution in [0, 0.1) is 23.4 Å². The van der Waals surface area contributed by atoms with E-state index in [1.54, 1.807) is 6.07 Å². The van der Waals surface area contributed by atoms with Gasteiger partial charge in [-0.3, -0.25) is 0 Å². The fourth-order valence-electron chi connectivity index (χ4n) is 3.98. The second-order valence-electron chi connectivity index (χ2n) is 7.62. The first-order valence-corrected chi connectivity index (χ1v) is 9.71. The first-order chi connectivity index (χ1) is 13.6. The summed E-state index contributed by atoms with van der Waals surface area (Å²) in [7, 11) is 0. The van der Waals surface area contributed by atoms with Crippen molar-refractivity contribution in [2.24, 2.45) is 5.92 Å². The highest BCUT2D eigenvalue weighted by Crippen LogP contribution is 2.39. The number of ether oxygens (including phenoxy) is 2. The summed E-state index contributed by atoms with van der Waals surface area (Å²) in [5.41, 5.74) is 1.78. The summed E-state index contributed by atoms with van der Waals surface area (Å²) in [5.74, 6) is -1.72. The average molecular weight is 388 g/mol. The van der Waals surface area contributed by atoms with Crippen molar-refractivity contribution in [2.75, 3.05) is 13.2 Å². The Labute approximate surface area is 163 Å². The maximum Gasteiger partial charge on any atom is 0.201 e. The highest BCUT2D eigenvalue weighted by atomic mass is 19.2. The van der Waals surface area contributed by atoms with Crippen LogP contribution in [-0.4, -0.2) is 13.2 Å². The van der Waals surface area contributed by atoms with Crippen molar-refractivity contribution in [3.63, 3.8) is 0 Å². The van der Waals surface area contributed by atoms with Gasteiger partial charge in [-0.2, -0.15) is 4.39 Å². The molecule has 2 nitrogen and oxygen atoms in total. The molecule has 4 rings (SSSR count). The quantitative estimate of drug-likeness (QED) is 0.552. The van der Waals surface area contributed by atoms with Gasteiger partial charge in [0.05, 0.1) is 13.2 Å². The Balaban J connectivity index is 1.32. The Morgan fingerprint density at radius 2 is 1.79 bits per heavy atom. The van der Waals surface area contributed by atoms with Crippen molar-refractivity contribution in [1.82, 2.24) is 0 Å². The average Bonchev–Trinajstić information content (AvgIpc) is 3.55. The van der Waals surface area contributed by atoms with E-state index in [4.69, 9.17) is 9.47 Å². The Morgan fingerprint density at radius 3 is 2.43 bits per heavy atom. The fourth-order valence-corrected chi connectivity index (χ4v) is 3.98. The van der Waals surface area contributed by atoms with Gasteiger partial charge in [0.1, 0.15) is 11.9 Å². The molecule has 1 atom stereocenters. The maximum absolute atomic E-state index is 14.5. The van der Waals surface area contributed by atoms with Crippen LogP contribution in [-0.2, 0) is 4.74 Å². The molecule has 2 aliphatic rings. The molecule has 2 aromatic carbocycles. The molecule has 1 saturated heterocycles. The summed E-state index contributed by atoms with van der Waals surface area (Å²) in [4.78, 5) is 0. The Bertz CT molecular complexity index is 868. The van der Waals surface area contributed by atoms with Gasteiger partial charge in [0.2, 0.25) is 5.82 Å². The van der Waals surface area contributed by atoms with E-state index in [0.717, 1.165) is 36.8 Å². The molecule has 2 fully saturated rings. The maximum atomic E-state index is 14.5. The summed E-state index contributed by atoms with van der Waals surface area (Å²) >= 11 is 0. The molecule has 0 spiro atoms. The molecule has 1 heterocycles. The molecule has 1 saturated carbocycles. The van der Waals surface area contributed by atoms with Crippen molar-refractivity contribution >= 4 is 6.08 Å². The molecule has 0 N–H and O–H groups in total. The Morgan fingerprint density at radius 1 is 1.04 bits per heavy atom. The van der Waals surface area contributed by atoms with Crippen LogP contribution in [0.15, 0.2) is 36.9 Å². The van der Waals surface area contributed by atoms with Crippen molar-refractivity contribution in [2.45, 2.75) is 37.7 Å². The molecule has 1 unspecified atom stereocenters. The minimum Gasteiger partial charge on any atom is -0.490 e. The van der Waals surface area contributed by atoms with E-state index in [9.17, 15) is 13.2 Å². The van der Waals surface area contributed by atoms with Gasteiger partial charge in [-0.1, -0.05) is 24.8 Å².